The van der Waals surface area contributed by atoms with Crippen LogP contribution in [0, 0.1) is 3.57 Å². The second-order valence-corrected chi connectivity index (χ2v) is 6.11. The molecule has 1 amide bonds. The summed E-state index contributed by atoms with van der Waals surface area (Å²) in [6.45, 7) is 0.542. The number of likely N-dealkylation sites (N-methyl/N-ethyl adjacent to an activating group) is 1. The van der Waals surface area contributed by atoms with E-state index in [4.69, 9.17) is 4.42 Å². The van der Waals surface area contributed by atoms with Gasteiger partial charge in [-0.05, 0) is 52.9 Å². The van der Waals surface area contributed by atoms with Gasteiger partial charge < -0.3 is 14.6 Å². The van der Waals surface area contributed by atoms with Gasteiger partial charge in [0.1, 0.15) is 0 Å². The van der Waals surface area contributed by atoms with Crippen molar-refractivity contribution in [1.29, 1.82) is 0 Å². The molecule has 20 heavy (non-hydrogen) atoms. The van der Waals surface area contributed by atoms with Crippen LogP contribution in [0.2, 0.25) is 0 Å². The van der Waals surface area contributed by atoms with E-state index in [1.165, 1.54) is 4.90 Å². The summed E-state index contributed by atoms with van der Waals surface area (Å²) in [5.74, 6) is 0.828. The van der Waals surface area contributed by atoms with Crippen LogP contribution in [0.3, 0.4) is 0 Å². The molecule has 2 aromatic rings. The van der Waals surface area contributed by atoms with Crippen molar-refractivity contribution < 1.29 is 14.1 Å². The number of hydrogen-bond donors (Lipinski definition) is 2. The fraction of sp³-hybridized carbons (Fsp3) is 0.267. The zero-order valence-electron chi connectivity index (χ0n) is 11.5. The van der Waals surface area contributed by atoms with E-state index in [2.05, 4.69) is 27.9 Å². The number of halogens is 1. The van der Waals surface area contributed by atoms with Crippen molar-refractivity contribution in [3.05, 3.63) is 57.6 Å². The molecule has 0 aliphatic rings. The lowest BCUT2D eigenvalue weighted by Crippen LogP contribution is -3.07. The Hall–Kier alpha value is -1.34. The summed E-state index contributed by atoms with van der Waals surface area (Å²) in [4.78, 5) is 13.4. The van der Waals surface area contributed by atoms with E-state index in [1.54, 1.807) is 6.26 Å². The molecule has 0 saturated carbocycles. The highest BCUT2D eigenvalue weighted by Gasteiger charge is 2.21. The van der Waals surface area contributed by atoms with E-state index < -0.39 is 0 Å². The molecule has 0 aliphatic carbocycles. The molecule has 1 heterocycles. The van der Waals surface area contributed by atoms with Crippen LogP contribution in [0.15, 0.2) is 47.1 Å². The highest BCUT2D eigenvalue weighted by Crippen LogP contribution is 2.10. The Morgan fingerprint density at radius 3 is 2.75 bits per heavy atom. The fourth-order valence-electron chi connectivity index (χ4n) is 2.01. The molecule has 0 fully saturated rings. The Morgan fingerprint density at radius 1 is 1.35 bits per heavy atom. The van der Waals surface area contributed by atoms with Crippen LogP contribution < -0.4 is 10.2 Å². The van der Waals surface area contributed by atoms with Crippen molar-refractivity contribution >= 4 is 28.5 Å². The Bertz CT molecular complexity index is 567. The Morgan fingerprint density at radius 2 is 2.15 bits per heavy atom. The van der Waals surface area contributed by atoms with Crippen LogP contribution in [-0.2, 0) is 0 Å². The lowest BCUT2D eigenvalue weighted by atomic mass is 10.2. The number of rotatable bonds is 5. The molecular weight excluding hydrogens is 367 g/mol. The van der Waals surface area contributed by atoms with E-state index in [1.807, 2.05) is 50.5 Å². The number of furan rings is 1. The maximum absolute atomic E-state index is 12.1. The van der Waals surface area contributed by atoms with Crippen molar-refractivity contribution in [2.75, 3.05) is 20.6 Å². The van der Waals surface area contributed by atoms with Crippen molar-refractivity contribution in [3.63, 3.8) is 0 Å². The molecule has 0 unspecified atom stereocenters. The first-order chi connectivity index (χ1) is 9.58. The quantitative estimate of drug-likeness (QED) is 0.767. The molecule has 0 spiro atoms. The first-order valence-electron chi connectivity index (χ1n) is 6.45. The smallest absolute Gasteiger partial charge is 0.251 e. The van der Waals surface area contributed by atoms with E-state index in [9.17, 15) is 4.79 Å². The lowest BCUT2D eigenvalue weighted by molar-refractivity contribution is -0.891. The first-order valence-corrected chi connectivity index (χ1v) is 7.53. The van der Waals surface area contributed by atoms with Gasteiger partial charge in [0.2, 0.25) is 0 Å². The average Bonchev–Trinajstić information content (AvgIpc) is 2.92. The van der Waals surface area contributed by atoms with Crippen LogP contribution in [0.25, 0.3) is 0 Å². The highest BCUT2D eigenvalue weighted by molar-refractivity contribution is 14.1. The number of carbonyl (C=O) groups is 1. The van der Waals surface area contributed by atoms with E-state index in [-0.39, 0.29) is 11.9 Å². The molecule has 0 bridgehead atoms. The van der Waals surface area contributed by atoms with Crippen LogP contribution in [0.1, 0.15) is 22.2 Å². The van der Waals surface area contributed by atoms with Gasteiger partial charge in [-0.1, -0.05) is 6.07 Å². The molecule has 0 aliphatic heterocycles. The van der Waals surface area contributed by atoms with Gasteiger partial charge in [-0.2, -0.15) is 0 Å². The topological polar surface area (TPSA) is 46.7 Å². The van der Waals surface area contributed by atoms with Gasteiger partial charge in [-0.15, -0.1) is 0 Å². The predicted molar refractivity (Wildman–Crippen MR) is 85.8 cm³/mol. The number of benzene rings is 1. The molecule has 106 valence electrons. The predicted octanol–water partition coefficient (Wildman–Crippen LogP) is 1.50. The average molecular weight is 385 g/mol. The third kappa shape index (κ3) is 3.83. The summed E-state index contributed by atoms with van der Waals surface area (Å²) in [7, 11) is 4.09. The van der Waals surface area contributed by atoms with Crippen LogP contribution in [0.4, 0.5) is 0 Å². The van der Waals surface area contributed by atoms with Gasteiger partial charge in [0.15, 0.2) is 11.8 Å². The zero-order chi connectivity index (χ0) is 14.5. The Labute approximate surface area is 132 Å². The highest BCUT2D eigenvalue weighted by atomic mass is 127. The largest absolute Gasteiger partial charge is 0.463 e. The lowest BCUT2D eigenvalue weighted by Gasteiger charge is -2.19. The van der Waals surface area contributed by atoms with Crippen molar-refractivity contribution in [3.8, 4) is 0 Å². The van der Waals surface area contributed by atoms with E-state index >= 15 is 0 Å². The maximum Gasteiger partial charge on any atom is 0.251 e. The molecule has 1 aromatic carbocycles. The zero-order valence-corrected chi connectivity index (χ0v) is 13.7. The monoisotopic (exact) mass is 385 g/mol. The minimum atomic E-state index is -0.0543. The van der Waals surface area contributed by atoms with Gasteiger partial charge >= 0.3 is 0 Å². The summed E-state index contributed by atoms with van der Waals surface area (Å²) in [5, 5.41) is 2.97. The van der Waals surface area contributed by atoms with Gasteiger partial charge in [0.05, 0.1) is 26.9 Å². The molecule has 2 rings (SSSR count). The Kier molecular flexibility index (Phi) is 5.19. The third-order valence-corrected chi connectivity index (χ3v) is 3.81. The fourth-order valence-corrected chi connectivity index (χ4v) is 2.55. The first kappa shape index (κ1) is 15.1. The molecule has 4 nitrogen and oxygen atoms in total. The molecular formula is C15H18IN2O2+. The summed E-state index contributed by atoms with van der Waals surface area (Å²) >= 11 is 2.20. The standard InChI is InChI=1S/C15H17IN2O2/c1-18(2)13(14-7-4-8-20-14)10-17-15(19)11-5-3-6-12(16)9-11/h3-9,13H,10H2,1-2H3,(H,17,19)/p+1/t13-/m1/s1. The van der Waals surface area contributed by atoms with Gasteiger partial charge in [-0.3, -0.25) is 4.79 Å². The summed E-state index contributed by atoms with van der Waals surface area (Å²) < 4.78 is 6.49. The van der Waals surface area contributed by atoms with Crippen LogP contribution >= 0.6 is 22.6 Å². The normalized spacial score (nSPS) is 12.4. The molecule has 0 radical (unpaired) electrons. The van der Waals surface area contributed by atoms with Crippen LogP contribution in [-0.4, -0.2) is 26.5 Å². The molecule has 5 heteroatoms. The van der Waals surface area contributed by atoms with Gasteiger partial charge in [0, 0.05) is 9.13 Å². The van der Waals surface area contributed by atoms with Crippen molar-refractivity contribution in [2.24, 2.45) is 0 Å². The van der Waals surface area contributed by atoms with Gasteiger partial charge in [-0.25, -0.2) is 0 Å². The third-order valence-electron chi connectivity index (χ3n) is 3.14. The number of amides is 1. The van der Waals surface area contributed by atoms with Gasteiger partial charge in [0.25, 0.3) is 5.91 Å². The summed E-state index contributed by atoms with van der Waals surface area (Å²) in [6.07, 6.45) is 1.66. The second kappa shape index (κ2) is 6.90. The molecule has 0 saturated heterocycles. The molecule has 1 atom stereocenters. The number of nitrogens with one attached hydrogen (secondary N) is 2. The summed E-state index contributed by atoms with van der Waals surface area (Å²) in [5.41, 5.74) is 0.684. The maximum atomic E-state index is 12.1. The van der Waals surface area contributed by atoms with E-state index in [0.717, 1.165) is 9.33 Å². The SMILES string of the molecule is C[NH+](C)[C@H](CNC(=O)c1cccc(I)c1)c1ccco1. The van der Waals surface area contributed by atoms with E-state index in [0.29, 0.717) is 12.1 Å². The second-order valence-electron chi connectivity index (χ2n) is 4.87. The molecule has 2 N–H and O–H groups in total. The Balaban J connectivity index is 2.01. The molecule has 1 aromatic heterocycles. The summed E-state index contributed by atoms with van der Waals surface area (Å²) in [6, 6.07) is 11.5. The minimum absolute atomic E-state index is 0.0543. The van der Waals surface area contributed by atoms with Crippen molar-refractivity contribution in [2.45, 2.75) is 6.04 Å². The number of hydrogen-bond acceptors (Lipinski definition) is 2. The number of carbonyl (C=O) groups excluding carboxylic acids is 1. The van der Waals surface area contributed by atoms with Crippen LogP contribution in [0.5, 0.6) is 0 Å². The minimum Gasteiger partial charge on any atom is -0.463 e. The van der Waals surface area contributed by atoms with Crippen molar-refractivity contribution in [1.82, 2.24) is 5.32 Å². The number of quaternary nitrogens is 1.